The smallest absolute Gasteiger partial charge is 0.258 e. The first-order valence-electron chi connectivity index (χ1n) is 6.14. The number of aromatic nitrogens is 1. The largest absolute Gasteiger partial charge is 0.365 e. The van der Waals surface area contributed by atoms with Gasteiger partial charge in [-0.15, -0.1) is 11.3 Å². The van der Waals surface area contributed by atoms with Gasteiger partial charge in [0.1, 0.15) is 0 Å². The number of hydrogen-bond donors (Lipinski definition) is 1. The molecular weight excluding hydrogens is 268 g/mol. The first-order valence-corrected chi connectivity index (χ1v) is 6.96. The van der Waals surface area contributed by atoms with Crippen LogP contribution in [0.4, 0.5) is 0 Å². The summed E-state index contributed by atoms with van der Waals surface area (Å²) in [5.74, 6) is -0.399. The van der Waals surface area contributed by atoms with Crippen LogP contribution in [0.5, 0.6) is 0 Å². The number of carbonyl (C=O) groups excluding carboxylic acids is 1. The zero-order valence-electron chi connectivity index (χ0n) is 10.6. The Balaban J connectivity index is 2.03. The van der Waals surface area contributed by atoms with Gasteiger partial charge in [-0.25, -0.2) is 0 Å². The van der Waals surface area contributed by atoms with Crippen molar-refractivity contribution in [1.29, 1.82) is 0 Å². The number of pyridine rings is 1. The van der Waals surface area contributed by atoms with E-state index in [2.05, 4.69) is 4.98 Å². The second-order valence-electron chi connectivity index (χ2n) is 4.36. The number of amides is 1. The van der Waals surface area contributed by atoms with Crippen molar-refractivity contribution in [2.24, 2.45) is 5.73 Å². The number of nitrogens with two attached hydrogens (primary N) is 1. The lowest BCUT2D eigenvalue weighted by Gasteiger charge is -1.96. The maximum absolute atomic E-state index is 11.3. The first kappa shape index (κ1) is 12.6. The van der Waals surface area contributed by atoms with Gasteiger partial charge in [-0.3, -0.25) is 9.78 Å². The molecule has 2 heterocycles. The fraction of sp³-hybridized carbons (Fsp3) is 0. The summed E-state index contributed by atoms with van der Waals surface area (Å²) in [6, 6.07) is 11.9. The summed E-state index contributed by atoms with van der Waals surface area (Å²) in [6.45, 7) is 0. The Morgan fingerprint density at radius 1 is 1.15 bits per heavy atom. The molecule has 0 radical (unpaired) electrons. The Morgan fingerprint density at radius 3 is 2.70 bits per heavy atom. The van der Waals surface area contributed by atoms with Crippen molar-refractivity contribution in [3.05, 3.63) is 64.8 Å². The summed E-state index contributed by atoms with van der Waals surface area (Å²) in [7, 11) is 0. The van der Waals surface area contributed by atoms with Crippen LogP contribution in [0.3, 0.4) is 0 Å². The Labute approximate surface area is 120 Å². The first-order chi connectivity index (χ1) is 9.74. The third-order valence-corrected chi connectivity index (χ3v) is 4.06. The van der Waals surface area contributed by atoms with E-state index in [0.29, 0.717) is 4.88 Å². The molecule has 98 valence electrons. The molecule has 0 spiro atoms. The number of primary amides is 1. The maximum Gasteiger partial charge on any atom is 0.258 e. The predicted octanol–water partition coefficient (Wildman–Crippen LogP) is 3.57. The normalized spacial score (nSPS) is 11.2. The maximum atomic E-state index is 11.3. The van der Waals surface area contributed by atoms with E-state index in [1.54, 1.807) is 12.4 Å². The summed E-state index contributed by atoms with van der Waals surface area (Å²) in [5, 5.41) is 1.01. The van der Waals surface area contributed by atoms with Gasteiger partial charge in [0.15, 0.2) is 0 Å². The average molecular weight is 280 g/mol. The van der Waals surface area contributed by atoms with Gasteiger partial charge in [0.05, 0.1) is 9.58 Å². The summed E-state index contributed by atoms with van der Waals surface area (Å²) >= 11 is 1.37. The van der Waals surface area contributed by atoms with Gasteiger partial charge < -0.3 is 5.73 Å². The molecule has 1 amide bonds. The Kier molecular flexibility index (Phi) is 3.31. The monoisotopic (exact) mass is 280 g/mol. The van der Waals surface area contributed by atoms with Crippen molar-refractivity contribution in [2.45, 2.75) is 0 Å². The molecule has 0 unspecified atom stereocenters. The van der Waals surface area contributed by atoms with Crippen LogP contribution < -0.4 is 5.73 Å². The fourth-order valence-electron chi connectivity index (χ4n) is 1.99. The molecule has 0 bridgehead atoms. The number of thiophene rings is 1. The third-order valence-electron chi connectivity index (χ3n) is 2.97. The lowest BCUT2D eigenvalue weighted by atomic mass is 10.1. The van der Waals surface area contributed by atoms with E-state index in [1.807, 2.05) is 48.6 Å². The molecule has 4 heteroatoms. The quantitative estimate of drug-likeness (QED) is 0.797. The average Bonchev–Trinajstić information content (AvgIpc) is 2.91. The van der Waals surface area contributed by atoms with Crippen LogP contribution in [0.15, 0.2) is 48.8 Å². The molecule has 20 heavy (non-hydrogen) atoms. The zero-order valence-corrected chi connectivity index (χ0v) is 11.4. The summed E-state index contributed by atoms with van der Waals surface area (Å²) in [4.78, 5) is 16.0. The van der Waals surface area contributed by atoms with E-state index >= 15 is 0 Å². The lowest BCUT2D eigenvalue weighted by Crippen LogP contribution is -2.08. The van der Waals surface area contributed by atoms with Crippen LogP contribution in [0, 0.1) is 0 Å². The SMILES string of the molecule is NC(=O)c1cc2c(/C=C/c3ccccc3)cncc2s1. The fourth-order valence-corrected chi connectivity index (χ4v) is 2.90. The molecule has 2 aromatic heterocycles. The van der Waals surface area contributed by atoms with Gasteiger partial charge in [-0.05, 0) is 11.6 Å². The standard InChI is InChI=1S/C16H12N2OS/c17-16(19)14-8-13-12(9-18-10-15(13)20-14)7-6-11-4-2-1-3-5-11/h1-10H,(H2,17,19)/b7-6+. The lowest BCUT2D eigenvalue weighted by molar-refractivity contribution is 0.100. The highest BCUT2D eigenvalue weighted by molar-refractivity contribution is 7.20. The van der Waals surface area contributed by atoms with Gasteiger partial charge in [0.2, 0.25) is 0 Å². The minimum Gasteiger partial charge on any atom is -0.365 e. The molecule has 0 atom stereocenters. The van der Waals surface area contributed by atoms with Crippen molar-refractivity contribution < 1.29 is 4.79 Å². The van der Waals surface area contributed by atoms with Gasteiger partial charge in [0.25, 0.3) is 5.91 Å². The van der Waals surface area contributed by atoms with Crippen molar-refractivity contribution in [3.63, 3.8) is 0 Å². The van der Waals surface area contributed by atoms with Gasteiger partial charge in [-0.1, -0.05) is 42.5 Å². The second kappa shape index (κ2) is 5.27. The van der Waals surface area contributed by atoms with Crippen LogP contribution >= 0.6 is 11.3 Å². The molecule has 0 aliphatic carbocycles. The topological polar surface area (TPSA) is 56.0 Å². The number of carbonyl (C=O) groups is 1. The predicted molar refractivity (Wildman–Crippen MR) is 83.5 cm³/mol. The number of rotatable bonds is 3. The number of nitrogens with zero attached hydrogens (tertiary/aromatic N) is 1. The molecule has 1 aromatic carbocycles. The summed E-state index contributed by atoms with van der Waals surface area (Å²) in [6.07, 6.45) is 7.58. The van der Waals surface area contributed by atoms with E-state index in [0.717, 1.165) is 21.2 Å². The van der Waals surface area contributed by atoms with Gasteiger partial charge in [-0.2, -0.15) is 0 Å². The van der Waals surface area contributed by atoms with E-state index in [9.17, 15) is 4.79 Å². The Morgan fingerprint density at radius 2 is 1.95 bits per heavy atom. The van der Waals surface area contributed by atoms with E-state index in [4.69, 9.17) is 5.73 Å². The van der Waals surface area contributed by atoms with Crippen molar-refractivity contribution in [2.75, 3.05) is 0 Å². The minimum atomic E-state index is -0.399. The molecule has 2 N–H and O–H groups in total. The number of hydrogen-bond acceptors (Lipinski definition) is 3. The van der Waals surface area contributed by atoms with E-state index in [-0.39, 0.29) is 0 Å². The van der Waals surface area contributed by atoms with Gasteiger partial charge in [0, 0.05) is 23.3 Å². The van der Waals surface area contributed by atoms with Crippen LogP contribution in [-0.2, 0) is 0 Å². The van der Waals surface area contributed by atoms with E-state index in [1.165, 1.54) is 11.3 Å². The van der Waals surface area contributed by atoms with Crippen LogP contribution in [0.2, 0.25) is 0 Å². The van der Waals surface area contributed by atoms with Crippen molar-refractivity contribution >= 4 is 39.5 Å². The molecule has 3 nitrogen and oxygen atoms in total. The molecule has 3 aromatic rings. The highest BCUT2D eigenvalue weighted by Crippen LogP contribution is 2.28. The number of benzene rings is 1. The van der Waals surface area contributed by atoms with E-state index < -0.39 is 5.91 Å². The highest BCUT2D eigenvalue weighted by atomic mass is 32.1. The highest BCUT2D eigenvalue weighted by Gasteiger charge is 2.08. The molecule has 0 saturated carbocycles. The zero-order chi connectivity index (χ0) is 13.9. The molecule has 3 rings (SSSR count). The Hall–Kier alpha value is -2.46. The molecule has 0 saturated heterocycles. The molecule has 0 aliphatic rings. The second-order valence-corrected chi connectivity index (χ2v) is 5.44. The molecule has 0 fully saturated rings. The third kappa shape index (κ3) is 2.46. The van der Waals surface area contributed by atoms with Crippen molar-refractivity contribution in [3.8, 4) is 0 Å². The van der Waals surface area contributed by atoms with Crippen LogP contribution in [-0.4, -0.2) is 10.9 Å². The van der Waals surface area contributed by atoms with Crippen LogP contribution in [0.25, 0.3) is 22.2 Å². The molecule has 0 aliphatic heterocycles. The minimum absolute atomic E-state index is 0.399. The Bertz CT molecular complexity index is 791. The van der Waals surface area contributed by atoms with Crippen LogP contribution in [0.1, 0.15) is 20.8 Å². The van der Waals surface area contributed by atoms with Gasteiger partial charge >= 0.3 is 0 Å². The number of fused-ring (bicyclic) bond motifs is 1. The van der Waals surface area contributed by atoms with Crippen molar-refractivity contribution in [1.82, 2.24) is 4.98 Å². The summed E-state index contributed by atoms with van der Waals surface area (Å²) in [5.41, 5.74) is 7.43. The summed E-state index contributed by atoms with van der Waals surface area (Å²) < 4.78 is 0.967. The molecular formula is C16H12N2OS.